The maximum atomic E-state index is 6.36. The normalized spacial score (nSPS) is 11.5. The molecule has 22 heteroatoms. The Hall–Kier alpha value is -7.60. The predicted molar refractivity (Wildman–Crippen MR) is 290 cm³/mol. The van der Waals surface area contributed by atoms with Crippen molar-refractivity contribution in [2.24, 2.45) is 0 Å². The molecule has 0 unspecified atom stereocenters. The van der Waals surface area contributed by atoms with E-state index in [1.54, 1.807) is 121 Å². The van der Waals surface area contributed by atoms with Crippen molar-refractivity contribution < 1.29 is 36.6 Å². The Balaban J connectivity index is 0.766. The highest BCUT2D eigenvalue weighted by molar-refractivity contribution is 7.28. The van der Waals surface area contributed by atoms with Gasteiger partial charge in [-0.05, 0) is 128 Å². The highest BCUT2D eigenvalue weighted by atomic mass is 32.1. The maximum absolute atomic E-state index is 6.36. The molecule has 74 heavy (non-hydrogen) atoms. The van der Waals surface area contributed by atoms with Gasteiger partial charge in [-0.25, -0.2) is 0 Å². The summed E-state index contributed by atoms with van der Waals surface area (Å²) < 4.78 is 47.4. The van der Waals surface area contributed by atoms with E-state index in [0.717, 1.165) is 50.8 Å². The smallest absolute Gasteiger partial charge is 0.258 e. The minimum absolute atomic E-state index is 0.265. The molecule has 0 N–H and O–H groups in total. The zero-order valence-corrected chi connectivity index (χ0v) is 45.3. The van der Waals surface area contributed by atoms with Crippen LogP contribution in [0, 0.1) is 27.7 Å². The second-order valence-corrected chi connectivity index (χ2v) is 22.9. The van der Waals surface area contributed by atoms with E-state index in [1.807, 2.05) is 0 Å². The van der Waals surface area contributed by atoms with Crippen molar-refractivity contribution in [2.75, 3.05) is 28.4 Å². The molecular weight excluding hydrogens is 1060 g/mol. The second kappa shape index (κ2) is 19.3. The van der Waals surface area contributed by atoms with E-state index in [4.69, 9.17) is 36.6 Å². The van der Waals surface area contributed by atoms with Gasteiger partial charge in [0.25, 0.3) is 41.2 Å². The quantitative estimate of drug-likeness (QED) is 0.0940. The molecule has 0 radical (unpaired) electrons. The lowest BCUT2D eigenvalue weighted by molar-refractivity contribution is 0.402. The van der Waals surface area contributed by atoms with Crippen molar-refractivity contribution in [3.8, 4) is 140 Å². The third kappa shape index (κ3) is 8.51. The van der Waals surface area contributed by atoms with E-state index in [0.29, 0.717) is 68.8 Å². The lowest BCUT2D eigenvalue weighted by atomic mass is 10.1. The van der Waals surface area contributed by atoms with Gasteiger partial charge in [-0.1, -0.05) is 0 Å². The molecule has 0 bridgehead atoms. The van der Waals surface area contributed by atoms with E-state index >= 15 is 0 Å². The van der Waals surface area contributed by atoms with Crippen molar-refractivity contribution in [2.45, 2.75) is 27.7 Å². The summed E-state index contributed by atoms with van der Waals surface area (Å²) in [4.78, 5) is 11.9. The van der Waals surface area contributed by atoms with Crippen LogP contribution < -0.4 is 18.9 Å². The van der Waals surface area contributed by atoms with Gasteiger partial charge in [-0.15, -0.1) is 109 Å². The Labute approximate surface area is 445 Å². The Bertz CT molecular complexity index is 4010. The van der Waals surface area contributed by atoms with E-state index < -0.39 is 0 Å². The van der Waals surface area contributed by atoms with E-state index in [2.05, 4.69) is 122 Å². The molecular formula is C52H38N8O8S6. The summed E-state index contributed by atoms with van der Waals surface area (Å²) in [6, 6.07) is 24.1. The van der Waals surface area contributed by atoms with Crippen molar-refractivity contribution >= 4 is 68.0 Å². The molecule has 0 saturated heterocycles. The zero-order chi connectivity index (χ0) is 50.8. The van der Waals surface area contributed by atoms with Gasteiger partial charge in [0.1, 0.15) is 23.0 Å². The van der Waals surface area contributed by atoms with Gasteiger partial charge in [0, 0.05) is 39.0 Å². The van der Waals surface area contributed by atoms with Crippen LogP contribution in [0.5, 0.6) is 23.0 Å². The largest absolute Gasteiger partial charge is 0.496 e. The molecule has 0 amide bonds. The van der Waals surface area contributed by atoms with Crippen molar-refractivity contribution in [1.82, 2.24) is 40.8 Å². The average Bonchev–Trinajstić information content (AvgIpc) is 4.24. The van der Waals surface area contributed by atoms with Crippen LogP contribution in [0.3, 0.4) is 0 Å². The Morgan fingerprint density at radius 1 is 0.351 bits per heavy atom. The molecule has 0 aliphatic heterocycles. The topological polar surface area (TPSA) is 193 Å². The van der Waals surface area contributed by atoms with Crippen LogP contribution in [-0.2, 0) is 0 Å². The number of ether oxygens (including phenoxy) is 4. The van der Waals surface area contributed by atoms with E-state index in [-0.39, 0.29) is 17.7 Å². The minimum atomic E-state index is 0.265. The number of aryl methyl sites for hydroxylation is 4. The predicted octanol–water partition coefficient (Wildman–Crippen LogP) is 15.2. The molecule has 12 aromatic rings. The van der Waals surface area contributed by atoms with Gasteiger partial charge < -0.3 is 36.6 Å². The molecule has 0 spiro atoms. The fraction of sp³-hybridized carbons (Fsp3) is 0.154. The lowest BCUT2D eigenvalue weighted by Gasteiger charge is -2.11. The molecule has 370 valence electrons. The summed E-state index contributed by atoms with van der Waals surface area (Å²) in [5.41, 5.74) is 6.83. The first-order valence-electron chi connectivity index (χ1n) is 22.5. The van der Waals surface area contributed by atoms with Crippen LogP contribution in [0.15, 0.2) is 102 Å². The van der Waals surface area contributed by atoms with Crippen molar-refractivity contribution in [1.29, 1.82) is 0 Å². The monoisotopic (exact) mass is 1090 g/mol. The molecule has 0 aliphatic carbocycles. The van der Waals surface area contributed by atoms with Gasteiger partial charge in [0.2, 0.25) is 6.39 Å². The molecule has 10 heterocycles. The van der Waals surface area contributed by atoms with Crippen LogP contribution in [-0.4, -0.2) is 69.2 Å². The molecule has 0 fully saturated rings. The molecule has 2 aromatic carbocycles. The van der Waals surface area contributed by atoms with Crippen LogP contribution >= 0.6 is 68.0 Å². The minimum Gasteiger partial charge on any atom is -0.496 e. The average molecular weight is 1100 g/mol. The fourth-order valence-corrected chi connectivity index (χ4v) is 15.3. The van der Waals surface area contributed by atoms with Crippen LogP contribution in [0.1, 0.15) is 22.3 Å². The van der Waals surface area contributed by atoms with Gasteiger partial charge in [0.15, 0.2) is 0 Å². The first kappa shape index (κ1) is 47.4. The number of thiophene rings is 6. The van der Waals surface area contributed by atoms with Crippen LogP contribution in [0.25, 0.3) is 117 Å². The zero-order valence-electron chi connectivity index (χ0n) is 40.4. The SMILES string of the molecule is COc1cc(-c2nnc(-c3cc(C)c(-c4ccc(-c5sc(-c6nnc(-c7cc(OC)c(-c8nnc(-c9cc(C)c(-c%10ccc(-c%11sccc%11C)s%10)s9)o8)cc7OC)o6)cc5C)s4)s3)o2)c(OC)cc1-c1nnco1. The number of benzene rings is 2. The number of hydrogen-bond acceptors (Lipinski definition) is 22. The fourth-order valence-electron chi connectivity index (χ4n) is 8.33. The third-order valence-electron chi connectivity index (χ3n) is 12.0. The number of hydrogen-bond donors (Lipinski definition) is 0. The van der Waals surface area contributed by atoms with Gasteiger partial charge in [-0.2, -0.15) is 0 Å². The number of methoxy groups -OCH3 is 4. The number of aromatic nitrogens is 8. The van der Waals surface area contributed by atoms with E-state index in [1.165, 1.54) is 31.5 Å². The Morgan fingerprint density at radius 2 is 0.703 bits per heavy atom. The lowest BCUT2D eigenvalue weighted by Crippen LogP contribution is -1.94. The number of nitrogens with zero attached hydrogens (tertiary/aromatic N) is 8. The summed E-state index contributed by atoms with van der Waals surface area (Å²) >= 11 is 10.1. The number of rotatable bonds is 15. The molecule has 12 rings (SSSR count). The standard InChI is InChI=1S/C52H38N8O8S6/c1-23-13-14-69-42(23)35-9-10-36(70-35)43-24(2)15-39(72-43)50-59-56-48(67-50)29-20-34(64-8)30(21-33(29)63-7)49-57-60-52(68-49)41-17-26(4)45(74-41)38-12-11-37(71-38)44-25(3)16-40(73-44)51-58-55-47(66-51)28-19-31(61-5)27(18-32(28)62-6)46-54-53-22-65-46/h9-22H,1-8H3. The highest BCUT2D eigenvalue weighted by Crippen LogP contribution is 2.49. The van der Waals surface area contributed by atoms with Crippen molar-refractivity contribution in [3.63, 3.8) is 0 Å². The third-order valence-corrected chi connectivity index (χ3v) is 19.5. The summed E-state index contributed by atoms with van der Waals surface area (Å²) in [6.45, 7) is 8.41. The Morgan fingerprint density at radius 3 is 1.03 bits per heavy atom. The van der Waals surface area contributed by atoms with Crippen molar-refractivity contribution in [3.05, 3.63) is 107 Å². The summed E-state index contributed by atoms with van der Waals surface area (Å²) in [7, 11) is 6.28. The van der Waals surface area contributed by atoms with Gasteiger partial charge in [0.05, 0.1) is 65.3 Å². The Kier molecular flexibility index (Phi) is 12.4. The van der Waals surface area contributed by atoms with Gasteiger partial charge in [-0.3, -0.25) is 0 Å². The molecule has 16 nitrogen and oxygen atoms in total. The molecule has 10 aromatic heterocycles. The first-order chi connectivity index (χ1) is 36.1. The van der Waals surface area contributed by atoms with E-state index in [9.17, 15) is 0 Å². The molecule has 0 atom stereocenters. The first-order valence-corrected chi connectivity index (χ1v) is 27.4. The molecule has 0 saturated carbocycles. The maximum Gasteiger partial charge on any atom is 0.258 e. The molecule has 0 aliphatic rings. The summed E-state index contributed by atoms with van der Waals surface area (Å²) in [6.07, 6.45) is 1.25. The second-order valence-electron chi connectivity index (χ2n) is 16.6. The van der Waals surface area contributed by atoms with Crippen LogP contribution in [0.2, 0.25) is 0 Å². The van der Waals surface area contributed by atoms with Gasteiger partial charge >= 0.3 is 0 Å². The summed E-state index contributed by atoms with van der Waals surface area (Å²) in [5.74, 6) is 4.19. The van der Waals surface area contributed by atoms with Crippen LogP contribution in [0.4, 0.5) is 0 Å². The highest BCUT2D eigenvalue weighted by Gasteiger charge is 2.26. The summed E-state index contributed by atoms with van der Waals surface area (Å²) in [5, 5.41) is 36.6.